The molecule has 0 aromatic rings. The van der Waals surface area contributed by atoms with Crippen LogP contribution in [0.3, 0.4) is 0 Å². The van der Waals surface area contributed by atoms with Gasteiger partial charge in [-0.05, 0) is 0 Å². The van der Waals surface area contributed by atoms with Crippen LogP contribution in [0.2, 0.25) is 0 Å². The summed E-state index contributed by atoms with van der Waals surface area (Å²) in [6.45, 7) is 3.17. The maximum absolute atomic E-state index is 12.6. The predicted octanol–water partition coefficient (Wildman–Crippen LogP) is 2.23. The Balaban J connectivity index is 2.80. The van der Waals surface area contributed by atoms with Gasteiger partial charge in [0, 0.05) is 11.8 Å². The van der Waals surface area contributed by atoms with E-state index in [-0.39, 0.29) is 17.5 Å². The van der Waals surface area contributed by atoms with Crippen LogP contribution in [-0.4, -0.2) is 37.0 Å². The van der Waals surface area contributed by atoms with Gasteiger partial charge in [0.05, 0.1) is 5.33 Å². The molecule has 0 radical (unpaired) electrons. The maximum atomic E-state index is 12.6. The van der Waals surface area contributed by atoms with Gasteiger partial charge in [0.15, 0.2) is 11.0 Å². The van der Waals surface area contributed by atoms with Gasteiger partial charge in [0.1, 0.15) is 3.23 Å². The van der Waals surface area contributed by atoms with Crippen LogP contribution in [0.1, 0.15) is 20.3 Å². The lowest BCUT2D eigenvalue weighted by atomic mass is 9.53. The highest BCUT2D eigenvalue weighted by atomic mass is 79.9. The fourth-order valence-corrected chi connectivity index (χ4v) is 5.54. The number of rotatable bonds is 2. The lowest BCUT2D eigenvalue weighted by Gasteiger charge is -2.49. The number of esters is 1. The highest BCUT2D eigenvalue weighted by Crippen LogP contribution is 2.67. The molecule has 1 N–H and O–H groups in total. The molecule has 2 fully saturated rings. The van der Waals surface area contributed by atoms with Crippen molar-refractivity contribution in [3.05, 3.63) is 0 Å². The van der Waals surface area contributed by atoms with Gasteiger partial charge >= 0.3 is 11.9 Å². The van der Waals surface area contributed by atoms with Gasteiger partial charge in [-0.15, -0.1) is 0 Å². The van der Waals surface area contributed by atoms with Crippen LogP contribution in [0.4, 0.5) is 0 Å². The number of hydrogen-bond donors (Lipinski definition) is 1. The lowest BCUT2D eigenvalue weighted by Crippen LogP contribution is -2.66. The number of fused-ring (bicyclic) bond motifs is 2. The molecule has 1 aliphatic carbocycles. The molecule has 2 bridgehead atoms. The number of alkyl halides is 3. The van der Waals surface area contributed by atoms with Crippen molar-refractivity contribution in [3.8, 4) is 0 Å². The molecule has 19 heavy (non-hydrogen) atoms. The first-order valence-electron chi connectivity index (χ1n) is 5.45. The van der Waals surface area contributed by atoms with Gasteiger partial charge in [-0.2, -0.15) is 0 Å². The smallest absolute Gasteiger partial charge is 0.325 e. The standard InChI is InChI=1S/C11H11Br3O5/c1-8(2)9(6(16)17)3-11(13,14)5(15)10(8,4-12)19-7(9)18/h3-4H2,1-2H3,(H,16,17)/t9-,10-/m1/s1. The zero-order chi connectivity index (χ0) is 14.9. The van der Waals surface area contributed by atoms with Crippen molar-refractivity contribution in [2.75, 3.05) is 5.33 Å². The Kier molecular flexibility index (Phi) is 3.28. The third-order valence-electron chi connectivity index (χ3n) is 4.43. The van der Waals surface area contributed by atoms with E-state index in [1.165, 1.54) is 0 Å². The van der Waals surface area contributed by atoms with E-state index in [1.54, 1.807) is 13.8 Å². The van der Waals surface area contributed by atoms with Crippen LogP contribution >= 0.6 is 47.8 Å². The normalized spacial score (nSPS) is 39.0. The number of carboxylic acids is 1. The Morgan fingerprint density at radius 3 is 2.32 bits per heavy atom. The molecule has 0 aromatic heterocycles. The average Bonchev–Trinajstić information content (AvgIpc) is 2.40. The molecule has 0 amide bonds. The van der Waals surface area contributed by atoms with Crippen LogP contribution in [0.5, 0.6) is 0 Å². The third kappa shape index (κ3) is 1.48. The molecule has 8 heteroatoms. The predicted molar refractivity (Wildman–Crippen MR) is 76.7 cm³/mol. The zero-order valence-electron chi connectivity index (χ0n) is 10.1. The second kappa shape index (κ2) is 4.04. The summed E-state index contributed by atoms with van der Waals surface area (Å²) in [7, 11) is 0. The number of carbonyl (C=O) groups is 3. The van der Waals surface area contributed by atoms with Crippen molar-refractivity contribution in [3.63, 3.8) is 0 Å². The highest BCUT2D eigenvalue weighted by Gasteiger charge is 2.82. The summed E-state index contributed by atoms with van der Waals surface area (Å²) in [5.41, 5.74) is -4.43. The van der Waals surface area contributed by atoms with Gasteiger partial charge < -0.3 is 9.84 Å². The Hall–Kier alpha value is 0.0500. The second-order valence-corrected chi connectivity index (χ2v) is 9.73. The quantitative estimate of drug-likeness (QED) is 0.387. The molecular weight excluding hydrogens is 452 g/mol. The van der Waals surface area contributed by atoms with Crippen molar-refractivity contribution < 1.29 is 24.2 Å². The summed E-state index contributed by atoms with van der Waals surface area (Å²) >= 11 is 9.57. The van der Waals surface area contributed by atoms with Gasteiger partial charge in [-0.1, -0.05) is 61.6 Å². The van der Waals surface area contributed by atoms with Crippen LogP contribution in [0, 0.1) is 10.8 Å². The van der Waals surface area contributed by atoms with Crippen LogP contribution in [-0.2, 0) is 19.1 Å². The molecule has 1 saturated heterocycles. The Bertz CT molecular complexity index is 501. The van der Waals surface area contributed by atoms with Crippen molar-refractivity contribution in [2.45, 2.75) is 29.1 Å². The van der Waals surface area contributed by atoms with Gasteiger partial charge in [0.25, 0.3) is 0 Å². The monoisotopic (exact) mass is 460 g/mol. The first-order chi connectivity index (χ1) is 8.49. The summed E-state index contributed by atoms with van der Waals surface area (Å²) in [5.74, 6) is -2.52. The fraction of sp³-hybridized carbons (Fsp3) is 0.727. The molecule has 0 aromatic carbocycles. The van der Waals surface area contributed by atoms with E-state index >= 15 is 0 Å². The number of ketones is 1. The summed E-state index contributed by atoms with van der Waals surface area (Å²) in [6.07, 6.45) is -0.200. The second-order valence-electron chi connectivity index (χ2n) is 5.40. The third-order valence-corrected chi connectivity index (χ3v) is 6.50. The van der Waals surface area contributed by atoms with Gasteiger partial charge in [-0.25, -0.2) is 0 Å². The average molecular weight is 463 g/mol. The topological polar surface area (TPSA) is 80.7 Å². The van der Waals surface area contributed by atoms with Crippen molar-refractivity contribution in [1.29, 1.82) is 0 Å². The Morgan fingerprint density at radius 1 is 1.37 bits per heavy atom. The maximum Gasteiger partial charge on any atom is 0.325 e. The van der Waals surface area contributed by atoms with E-state index in [2.05, 4.69) is 47.8 Å². The van der Waals surface area contributed by atoms with Gasteiger partial charge in [0.2, 0.25) is 5.78 Å². The van der Waals surface area contributed by atoms with E-state index in [0.717, 1.165) is 0 Å². The fourth-order valence-electron chi connectivity index (χ4n) is 2.99. The molecular formula is C11H11Br3O5. The number of hydrogen-bond acceptors (Lipinski definition) is 4. The number of halogens is 3. The largest absolute Gasteiger partial charge is 0.480 e. The van der Waals surface area contributed by atoms with Crippen LogP contribution in [0.25, 0.3) is 0 Å². The Labute approximate surface area is 134 Å². The number of ether oxygens (including phenoxy) is 1. The van der Waals surface area contributed by atoms with E-state index in [4.69, 9.17) is 4.74 Å². The van der Waals surface area contributed by atoms with Gasteiger partial charge in [-0.3, -0.25) is 14.4 Å². The zero-order valence-corrected chi connectivity index (χ0v) is 14.9. The first-order valence-corrected chi connectivity index (χ1v) is 8.16. The van der Waals surface area contributed by atoms with E-state index in [0.29, 0.717) is 0 Å². The molecule has 1 saturated carbocycles. The van der Waals surface area contributed by atoms with Crippen molar-refractivity contribution >= 4 is 65.5 Å². The number of carboxylic acid groups (broad SMARTS) is 1. The van der Waals surface area contributed by atoms with Crippen LogP contribution in [0.15, 0.2) is 0 Å². The molecule has 2 atom stereocenters. The summed E-state index contributed by atoms with van der Waals surface area (Å²) in [6, 6.07) is 0. The van der Waals surface area contributed by atoms with Crippen molar-refractivity contribution in [1.82, 2.24) is 0 Å². The minimum atomic E-state index is -1.76. The molecule has 1 heterocycles. The molecule has 2 rings (SSSR count). The molecule has 2 aliphatic rings. The number of carbonyl (C=O) groups excluding carboxylic acids is 2. The molecule has 5 nitrogen and oxygen atoms in total. The SMILES string of the molecule is CC1(C)[C@@]2(C(=O)O)CC(Br)(Br)C(=O)[C@@]1(CBr)OC2=O. The first kappa shape index (κ1) is 15.4. The highest BCUT2D eigenvalue weighted by molar-refractivity contribution is 9.26. The summed E-state index contributed by atoms with van der Waals surface area (Å²) in [4.78, 5) is 36.5. The Morgan fingerprint density at radius 2 is 1.89 bits per heavy atom. The van der Waals surface area contributed by atoms with Crippen molar-refractivity contribution in [2.24, 2.45) is 10.8 Å². The molecule has 0 unspecified atom stereocenters. The summed E-state index contributed by atoms with van der Waals surface area (Å²) < 4.78 is 3.99. The van der Waals surface area contributed by atoms with E-state index < -0.39 is 31.6 Å². The van der Waals surface area contributed by atoms with E-state index in [1.807, 2.05) is 0 Å². The summed E-state index contributed by atoms with van der Waals surface area (Å²) in [5, 5.41) is 9.63. The molecule has 1 aliphatic heterocycles. The molecule has 0 spiro atoms. The minimum absolute atomic E-state index is 0.0472. The number of aliphatic carboxylic acids is 1. The van der Waals surface area contributed by atoms with E-state index in [9.17, 15) is 19.5 Å². The van der Waals surface area contributed by atoms with Crippen LogP contribution < -0.4 is 0 Å². The molecule has 106 valence electrons. The minimum Gasteiger partial charge on any atom is -0.480 e. The lowest BCUT2D eigenvalue weighted by molar-refractivity contribution is -0.165. The number of Topliss-reactive ketones (excluding diaryl/α,β-unsaturated/α-hetero) is 1.